The molecule has 0 bridgehead atoms. The van der Waals surface area contributed by atoms with Crippen LogP contribution in [0.1, 0.15) is 31.8 Å². The van der Waals surface area contributed by atoms with Crippen LogP contribution < -0.4 is 9.47 Å². The fourth-order valence-electron chi connectivity index (χ4n) is 3.18. The highest BCUT2D eigenvalue weighted by Gasteiger charge is 2.30. The zero-order valence-electron chi connectivity index (χ0n) is 15.9. The molecule has 0 spiro atoms. The molecule has 4 rings (SSSR count). The van der Waals surface area contributed by atoms with Gasteiger partial charge in [-0.1, -0.05) is 40.2 Å². The van der Waals surface area contributed by atoms with Crippen LogP contribution >= 0.6 is 15.9 Å². The van der Waals surface area contributed by atoms with Crippen LogP contribution in [0.15, 0.2) is 70.9 Å². The van der Waals surface area contributed by atoms with E-state index in [2.05, 4.69) is 15.9 Å². The summed E-state index contributed by atoms with van der Waals surface area (Å²) >= 11 is 3.33. The first-order chi connectivity index (χ1) is 14.4. The van der Waals surface area contributed by atoms with Crippen LogP contribution in [0.3, 0.4) is 0 Å². The summed E-state index contributed by atoms with van der Waals surface area (Å²) < 4.78 is 25.6. The molecular weight excluding hydrogens is 451 g/mol. The first-order valence-corrected chi connectivity index (χ1v) is 9.96. The van der Waals surface area contributed by atoms with E-state index in [0.29, 0.717) is 33.8 Å². The highest BCUT2D eigenvalue weighted by Crippen LogP contribution is 2.37. The fourth-order valence-corrected chi connectivity index (χ4v) is 3.44. The molecule has 4 nitrogen and oxygen atoms in total. The van der Waals surface area contributed by atoms with E-state index in [9.17, 15) is 14.0 Å². The Bertz CT molecular complexity index is 1180. The molecule has 6 heteroatoms. The molecule has 0 atom stereocenters. The molecule has 0 saturated heterocycles. The predicted octanol–water partition coefficient (Wildman–Crippen LogP) is 5.77. The Hall–Kier alpha value is -3.25. The van der Waals surface area contributed by atoms with Gasteiger partial charge < -0.3 is 9.47 Å². The lowest BCUT2D eigenvalue weighted by Crippen LogP contribution is -2.11. The number of aryl methyl sites for hydroxylation is 1. The first kappa shape index (κ1) is 20.0. The van der Waals surface area contributed by atoms with Crippen molar-refractivity contribution in [3.05, 3.63) is 99.0 Å². The van der Waals surface area contributed by atoms with Gasteiger partial charge in [-0.05, 0) is 54.5 Å². The molecule has 0 unspecified atom stereocenters. The number of ether oxygens (including phenoxy) is 2. The van der Waals surface area contributed by atoms with E-state index in [4.69, 9.17) is 9.47 Å². The summed E-state index contributed by atoms with van der Waals surface area (Å²) in [6.45, 7) is 1.63. The maximum absolute atomic E-state index is 13.4. The molecule has 30 heavy (non-hydrogen) atoms. The second kappa shape index (κ2) is 8.24. The van der Waals surface area contributed by atoms with Crippen molar-refractivity contribution in [3.63, 3.8) is 0 Å². The lowest BCUT2D eigenvalue weighted by molar-refractivity contribution is 0.0920. The molecule has 150 valence electrons. The van der Waals surface area contributed by atoms with Gasteiger partial charge in [0.2, 0.25) is 5.78 Å². The maximum atomic E-state index is 13.4. The Morgan fingerprint density at radius 2 is 1.90 bits per heavy atom. The quantitative estimate of drug-likeness (QED) is 0.353. The average molecular weight is 467 g/mol. The Morgan fingerprint density at radius 1 is 1.13 bits per heavy atom. The normalized spacial score (nSPS) is 13.8. The lowest BCUT2D eigenvalue weighted by atomic mass is 10.0. The Balaban J connectivity index is 1.52. The first-order valence-electron chi connectivity index (χ1n) is 9.17. The van der Waals surface area contributed by atoms with Gasteiger partial charge in [0.05, 0.1) is 5.56 Å². The topological polar surface area (TPSA) is 52.6 Å². The standard InChI is InChI=1S/C24H16BrFO4/c1-14-9-19(29-13-20(27)16-5-7-17(25)8-6-16)12-21-23(14)24(28)22(30-21)11-15-3-2-4-18(26)10-15/h2-12H,13H2,1H3/b22-11-. The van der Waals surface area contributed by atoms with E-state index in [-0.39, 0.29) is 23.9 Å². The van der Waals surface area contributed by atoms with Crippen molar-refractivity contribution in [3.8, 4) is 11.5 Å². The minimum Gasteiger partial charge on any atom is -0.485 e. The van der Waals surface area contributed by atoms with Crippen LogP contribution in [0.2, 0.25) is 0 Å². The third-order valence-corrected chi connectivity index (χ3v) is 5.15. The van der Waals surface area contributed by atoms with Crippen molar-refractivity contribution in [1.29, 1.82) is 0 Å². The number of halogens is 2. The van der Waals surface area contributed by atoms with E-state index < -0.39 is 5.82 Å². The van der Waals surface area contributed by atoms with Gasteiger partial charge in [0, 0.05) is 16.1 Å². The number of hydrogen-bond donors (Lipinski definition) is 0. The van der Waals surface area contributed by atoms with Crippen LogP contribution in [-0.2, 0) is 0 Å². The molecule has 0 amide bonds. The number of benzene rings is 3. The van der Waals surface area contributed by atoms with Gasteiger partial charge >= 0.3 is 0 Å². The smallest absolute Gasteiger partial charge is 0.232 e. The molecule has 3 aromatic carbocycles. The number of ketones is 2. The van der Waals surface area contributed by atoms with Gasteiger partial charge in [0.25, 0.3) is 0 Å². The summed E-state index contributed by atoms with van der Waals surface area (Å²) in [7, 11) is 0. The number of carbonyl (C=O) groups is 2. The largest absolute Gasteiger partial charge is 0.485 e. The van der Waals surface area contributed by atoms with Gasteiger partial charge in [-0.25, -0.2) is 4.39 Å². The second-order valence-corrected chi connectivity index (χ2v) is 7.74. The zero-order valence-corrected chi connectivity index (χ0v) is 17.5. The van der Waals surface area contributed by atoms with E-state index in [0.717, 1.165) is 4.47 Å². The number of carbonyl (C=O) groups excluding carboxylic acids is 2. The second-order valence-electron chi connectivity index (χ2n) is 6.83. The van der Waals surface area contributed by atoms with E-state index in [1.54, 1.807) is 55.5 Å². The SMILES string of the molecule is Cc1cc(OCC(=O)c2ccc(Br)cc2)cc2c1C(=O)/C(=C/c1cccc(F)c1)O2. The van der Waals surface area contributed by atoms with Crippen molar-refractivity contribution in [2.24, 2.45) is 0 Å². The van der Waals surface area contributed by atoms with Crippen LogP contribution in [0, 0.1) is 12.7 Å². The molecule has 0 saturated carbocycles. The molecule has 0 fully saturated rings. The molecule has 3 aromatic rings. The van der Waals surface area contributed by atoms with Crippen LogP contribution in [-0.4, -0.2) is 18.2 Å². The summed E-state index contributed by atoms with van der Waals surface area (Å²) in [5.41, 5.74) is 2.18. The number of fused-ring (bicyclic) bond motifs is 1. The van der Waals surface area contributed by atoms with Crippen molar-refractivity contribution in [2.75, 3.05) is 6.61 Å². The van der Waals surface area contributed by atoms with E-state index in [1.165, 1.54) is 18.2 Å². The highest BCUT2D eigenvalue weighted by molar-refractivity contribution is 9.10. The number of hydrogen-bond acceptors (Lipinski definition) is 4. The van der Waals surface area contributed by atoms with Crippen LogP contribution in [0.4, 0.5) is 4.39 Å². The van der Waals surface area contributed by atoms with Gasteiger partial charge in [0.15, 0.2) is 18.1 Å². The van der Waals surface area contributed by atoms with Crippen molar-refractivity contribution < 1.29 is 23.5 Å². The fraction of sp³-hybridized carbons (Fsp3) is 0.0833. The highest BCUT2D eigenvalue weighted by atomic mass is 79.9. The van der Waals surface area contributed by atoms with Crippen molar-refractivity contribution >= 4 is 33.6 Å². The summed E-state index contributed by atoms with van der Waals surface area (Å²) in [6.07, 6.45) is 1.50. The third-order valence-electron chi connectivity index (χ3n) is 4.63. The zero-order chi connectivity index (χ0) is 21.3. The van der Waals surface area contributed by atoms with Gasteiger partial charge in [-0.3, -0.25) is 9.59 Å². The van der Waals surface area contributed by atoms with Crippen molar-refractivity contribution in [1.82, 2.24) is 0 Å². The van der Waals surface area contributed by atoms with Gasteiger partial charge in [0.1, 0.15) is 17.3 Å². The molecule has 1 aliphatic rings. The molecule has 0 aliphatic carbocycles. The van der Waals surface area contributed by atoms with Crippen molar-refractivity contribution in [2.45, 2.75) is 6.92 Å². The van der Waals surface area contributed by atoms with E-state index >= 15 is 0 Å². The van der Waals surface area contributed by atoms with Gasteiger partial charge in [-0.2, -0.15) is 0 Å². The summed E-state index contributed by atoms with van der Waals surface area (Å²) in [5.74, 6) is 0.0650. The van der Waals surface area contributed by atoms with E-state index in [1.807, 2.05) is 0 Å². The van der Waals surface area contributed by atoms with Crippen LogP contribution in [0.5, 0.6) is 11.5 Å². The lowest BCUT2D eigenvalue weighted by Gasteiger charge is -2.09. The summed E-state index contributed by atoms with van der Waals surface area (Å²) in [6, 6.07) is 16.2. The van der Waals surface area contributed by atoms with Crippen LogP contribution in [0.25, 0.3) is 6.08 Å². The number of rotatable bonds is 5. The number of allylic oxidation sites excluding steroid dienone is 1. The minimum atomic E-state index is -0.394. The third kappa shape index (κ3) is 4.19. The molecule has 0 aromatic heterocycles. The number of Topliss-reactive ketones (excluding diaryl/α,β-unsaturated/α-hetero) is 2. The Kier molecular flexibility index (Phi) is 5.50. The maximum Gasteiger partial charge on any atom is 0.232 e. The monoisotopic (exact) mass is 466 g/mol. The average Bonchev–Trinajstić information content (AvgIpc) is 3.02. The predicted molar refractivity (Wildman–Crippen MR) is 114 cm³/mol. The minimum absolute atomic E-state index is 0.113. The molecule has 1 heterocycles. The Morgan fingerprint density at radius 3 is 2.63 bits per heavy atom. The molecule has 0 radical (unpaired) electrons. The summed E-state index contributed by atoms with van der Waals surface area (Å²) in [4.78, 5) is 25.0. The molecule has 1 aliphatic heterocycles. The van der Waals surface area contributed by atoms with Gasteiger partial charge in [-0.15, -0.1) is 0 Å². The molecule has 0 N–H and O–H groups in total. The summed E-state index contributed by atoms with van der Waals surface area (Å²) in [5, 5.41) is 0. The molecular formula is C24H16BrFO4. The Labute approximate surface area is 181 Å².